The van der Waals surface area contributed by atoms with Gasteiger partial charge in [0.05, 0.1) is 5.60 Å². The number of piperidine rings is 1. The van der Waals surface area contributed by atoms with E-state index in [9.17, 15) is 9.90 Å². The van der Waals surface area contributed by atoms with Gasteiger partial charge < -0.3 is 15.3 Å². The molecular weight excluding hydrogens is 360 g/mol. The molecule has 1 heterocycles. The molecule has 2 amide bonds. The van der Waals surface area contributed by atoms with Crippen LogP contribution >= 0.6 is 11.6 Å². The van der Waals surface area contributed by atoms with E-state index in [1.54, 1.807) is 29.2 Å². The number of rotatable bonds is 2. The van der Waals surface area contributed by atoms with Crippen LogP contribution in [0.5, 0.6) is 0 Å². The standard InChI is InChI=1S/C22H21ClN2O2/c23-19-6-3-7-20(15-19)24-21(26)25-12-10-22(27,11-13-25)18-9-8-16-4-1-2-5-17(16)14-18/h1-9,14-15,27H,10-13H2,(H,24,26). The van der Waals surface area contributed by atoms with Gasteiger partial charge in [0.15, 0.2) is 0 Å². The van der Waals surface area contributed by atoms with E-state index in [1.165, 1.54) is 0 Å². The molecule has 3 aromatic rings. The molecule has 5 heteroatoms. The van der Waals surface area contributed by atoms with Crippen molar-refractivity contribution in [3.05, 3.63) is 77.3 Å². The topological polar surface area (TPSA) is 52.6 Å². The van der Waals surface area contributed by atoms with Gasteiger partial charge in [-0.3, -0.25) is 0 Å². The number of fused-ring (bicyclic) bond motifs is 1. The predicted octanol–water partition coefficient (Wildman–Crippen LogP) is 5.01. The third-order valence-electron chi connectivity index (χ3n) is 5.24. The lowest BCUT2D eigenvalue weighted by molar-refractivity contribution is -0.0155. The Morgan fingerprint density at radius 3 is 2.44 bits per heavy atom. The molecule has 0 saturated carbocycles. The molecule has 138 valence electrons. The normalized spacial score (nSPS) is 16.3. The Kier molecular flexibility index (Phi) is 4.77. The van der Waals surface area contributed by atoms with Gasteiger partial charge in [0.1, 0.15) is 0 Å². The van der Waals surface area contributed by atoms with Crippen molar-refractivity contribution < 1.29 is 9.90 Å². The van der Waals surface area contributed by atoms with Crippen LogP contribution in [0.4, 0.5) is 10.5 Å². The Morgan fingerprint density at radius 2 is 1.70 bits per heavy atom. The fraction of sp³-hybridized carbons (Fsp3) is 0.227. The second kappa shape index (κ2) is 7.22. The van der Waals surface area contributed by atoms with Crippen molar-refractivity contribution in [2.24, 2.45) is 0 Å². The van der Waals surface area contributed by atoms with Crippen molar-refractivity contribution in [2.75, 3.05) is 18.4 Å². The van der Waals surface area contributed by atoms with E-state index in [2.05, 4.69) is 23.5 Å². The summed E-state index contributed by atoms with van der Waals surface area (Å²) in [6, 6.07) is 21.1. The van der Waals surface area contributed by atoms with Crippen LogP contribution in [0.2, 0.25) is 5.02 Å². The summed E-state index contributed by atoms with van der Waals surface area (Å²) < 4.78 is 0. The number of nitrogens with one attached hydrogen (secondary N) is 1. The molecule has 1 aliphatic heterocycles. The first kappa shape index (κ1) is 17.8. The molecule has 3 aromatic carbocycles. The zero-order chi connectivity index (χ0) is 18.9. The minimum Gasteiger partial charge on any atom is -0.385 e. The molecule has 1 saturated heterocycles. The van der Waals surface area contributed by atoms with Crippen LogP contribution in [0.3, 0.4) is 0 Å². The maximum atomic E-state index is 12.5. The molecule has 0 atom stereocenters. The predicted molar refractivity (Wildman–Crippen MR) is 109 cm³/mol. The van der Waals surface area contributed by atoms with Crippen molar-refractivity contribution in [3.8, 4) is 0 Å². The Bertz CT molecular complexity index is 981. The monoisotopic (exact) mass is 380 g/mol. The number of hydrogen-bond acceptors (Lipinski definition) is 2. The SMILES string of the molecule is O=C(Nc1cccc(Cl)c1)N1CCC(O)(c2ccc3ccccc3c2)CC1. The number of amides is 2. The van der Waals surface area contributed by atoms with E-state index in [0.717, 1.165) is 16.3 Å². The Hall–Kier alpha value is -2.56. The molecule has 27 heavy (non-hydrogen) atoms. The second-order valence-corrected chi connectivity index (χ2v) is 7.46. The highest BCUT2D eigenvalue weighted by atomic mass is 35.5. The minimum atomic E-state index is -0.906. The highest BCUT2D eigenvalue weighted by molar-refractivity contribution is 6.30. The smallest absolute Gasteiger partial charge is 0.321 e. The average Bonchev–Trinajstić information content (AvgIpc) is 2.68. The minimum absolute atomic E-state index is 0.169. The average molecular weight is 381 g/mol. The number of hydrogen-bond donors (Lipinski definition) is 2. The highest BCUT2D eigenvalue weighted by Gasteiger charge is 2.35. The van der Waals surface area contributed by atoms with E-state index in [-0.39, 0.29) is 6.03 Å². The molecule has 0 spiro atoms. The molecule has 0 bridgehead atoms. The fourth-order valence-electron chi connectivity index (χ4n) is 3.62. The van der Waals surface area contributed by atoms with Gasteiger partial charge in [-0.1, -0.05) is 54.1 Å². The van der Waals surface area contributed by atoms with E-state index in [4.69, 9.17) is 11.6 Å². The Labute approximate surface area is 163 Å². The summed E-state index contributed by atoms with van der Waals surface area (Å²) >= 11 is 5.96. The number of anilines is 1. The summed E-state index contributed by atoms with van der Waals surface area (Å²) in [5, 5.41) is 16.9. The van der Waals surface area contributed by atoms with Crippen LogP contribution in [0.25, 0.3) is 10.8 Å². The lowest BCUT2D eigenvalue weighted by Gasteiger charge is -2.38. The third-order valence-corrected chi connectivity index (χ3v) is 5.48. The van der Waals surface area contributed by atoms with Gasteiger partial charge in [0, 0.05) is 23.8 Å². The van der Waals surface area contributed by atoms with Crippen LogP contribution < -0.4 is 5.32 Å². The molecule has 4 nitrogen and oxygen atoms in total. The van der Waals surface area contributed by atoms with E-state index in [1.807, 2.05) is 24.3 Å². The second-order valence-electron chi connectivity index (χ2n) is 7.02. The van der Waals surface area contributed by atoms with Gasteiger partial charge in [-0.05, 0) is 53.4 Å². The van der Waals surface area contributed by atoms with Gasteiger partial charge in [-0.2, -0.15) is 0 Å². The largest absolute Gasteiger partial charge is 0.385 e. The van der Waals surface area contributed by atoms with Crippen LogP contribution in [0.15, 0.2) is 66.7 Å². The van der Waals surface area contributed by atoms with Gasteiger partial charge in [-0.25, -0.2) is 4.79 Å². The molecule has 0 radical (unpaired) electrons. The van der Waals surface area contributed by atoms with Crippen LogP contribution in [0, 0.1) is 0 Å². The van der Waals surface area contributed by atoms with Crippen molar-refractivity contribution in [1.29, 1.82) is 0 Å². The van der Waals surface area contributed by atoms with Crippen LogP contribution in [0.1, 0.15) is 18.4 Å². The first-order valence-corrected chi connectivity index (χ1v) is 9.44. The first-order chi connectivity index (χ1) is 13.0. The fourth-order valence-corrected chi connectivity index (χ4v) is 3.81. The number of likely N-dealkylation sites (tertiary alicyclic amines) is 1. The number of nitrogens with zero attached hydrogens (tertiary/aromatic N) is 1. The van der Waals surface area contributed by atoms with E-state index < -0.39 is 5.60 Å². The van der Waals surface area contributed by atoms with Gasteiger partial charge in [-0.15, -0.1) is 0 Å². The maximum absolute atomic E-state index is 12.5. The molecule has 0 aliphatic carbocycles. The molecule has 0 aromatic heterocycles. The van der Waals surface area contributed by atoms with Gasteiger partial charge >= 0.3 is 6.03 Å². The van der Waals surface area contributed by atoms with Crippen molar-refractivity contribution in [3.63, 3.8) is 0 Å². The number of halogens is 1. The van der Waals surface area contributed by atoms with Gasteiger partial charge in [0.2, 0.25) is 0 Å². The first-order valence-electron chi connectivity index (χ1n) is 9.07. The van der Waals surface area contributed by atoms with Gasteiger partial charge in [0.25, 0.3) is 0 Å². The Balaban J connectivity index is 1.44. The summed E-state index contributed by atoms with van der Waals surface area (Å²) in [7, 11) is 0. The number of carbonyl (C=O) groups excluding carboxylic acids is 1. The van der Waals surface area contributed by atoms with Crippen LogP contribution in [-0.2, 0) is 5.60 Å². The third kappa shape index (κ3) is 3.77. The zero-order valence-corrected chi connectivity index (χ0v) is 15.6. The lowest BCUT2D eigenvalue weighted by atomic mass is 9.83. The van der Waals surface area contributed by atoms with E-state index >= 15 is 0 Å². The number of aliphatic hydroxyl groups is 1. The van der Waals surface area contributed by atoms with Crippen LogP contribution in [-0.4, -0.2) is 29.1 Å². The molecule has 4 rings (SSSR count). The molecule has 1 fully saturated rings. The quantitative estimate of drug-likeness (QED) is 0.656. The molecule has 2 N–H and O–H groups in total. The molecule has 1 aliphatic rings. The molecule has 0 unspecified atom stereocenters. The van der Waals surface area contributed by atoms with E-state index in [0.29, 0.717) is 36.6 Å². The highest BCUT2D eigenvalue weighted by Crippen LogP contribution is 2.34. The number of carbonyl (C=O) groups is 1. The molecular formula is C22H21ClN2O2. The maximum Gasteiger partial charge on any atom is 0.321 e. The van der Waals surface area contributed by atoms with Crippen molar-refractivity contribution in [1.82, 2.24) is 4.90 Å². The number of benzene rings is 3. The van der Waals surface area contributed by atoms with Crippen molar-refractivity contribution in [2.45, 2.75) is 18.4 Å². The summed E-state index contributed by atoms with van der Waals surface area (Å²) in [5.41, 5.74) is 0.676. The zero-order valence-electron chi connectivity index (χ0n) is 14.9. The lowest BCUT2D eigenvalue weighted by Crippen LogP contribution is -2.46. The number of urea groups is 1. The summed E-state index contributed by atoms with van der Waals surface area (Å²) in [6.07, 6.45) is 1.02. The summed E-state index contributed by atoms with van der Waals surface area (Å²) in [4.78, 5) is 14.2. The summed E-state index contributed by atoms with van der Waals surface area (Å²) in [6.45, 7) is 0.992. The summed E-state index contributed by atoms with van der Waals surface area (Å²) in [5.74, 6) is 0. The van der Waals surface area contributed by atoms with Crippen molar-refractivity contribution >= 4 is 34.1 Å². The Morgan fingerprint density at radius 1 is 0.963 bits per heavy atom.